The summed E-state index contributed by atoms with van der Waals surface area (Å²) in [5.41, 5.74) is 0.176. The Morgan fingerprint density at radius 2 is 2.38 bits per heavy atom. The number of morpholine rings is 1. The van der Waals surface area contributed by atoms with E-state index in [1.165, 1.54) is 50.0 Å². The van der Waals surface area contributed by atoms with Crippen LogP contribution in [0.15, 0.2) is 0 Å². The molecule has 0 aromatic heterocycles. The lowest BCUT2D eigenvalue weighted by molar-refractivity contribution is -0.0895. The van der Waals surface area contributed by atoms with Crippen LogP contribution >= 0.6 is 11.8 Å². The summed E-state index contributed by atoms with van der Waals surface area (Å²) < 4.78 is 6.17. The quantitative estimate of drug-likeness (QED) is 0.767. The highest BCUT2D eigenvalue weighted by Gasteiger charge is 2.42. The van der Waals surface area contributed by atoms with Gasteiger partial charge in [-0.2, -0.15) is 11.8 Å². The number of hydrogen-bond donors (Lipinski definition) is 1. The van der Waals surface area contributed by atoms with E-state index in [1.807, 2.05) is 0 Å². The Morgan fingerprint density at radius 1 is 1.44 bits per heavy atom. The zero-order valence-corrected chi connectivity index (χ0v) is 11.3. The van der Waals surface area contributed by atoms with E-state index in [2.05, 4.69) is 24.0 Å². The van der Waals surface area contributed by atoms with Crippen molar-refractivity contribution in [2.24, 2.45) is 0 Å². The lowest BCUT2D eigenvalue weighted by atomic mass is 9.86. The molecule has 0 aromatic rings. The Balaban J connectivity index is 1.90. The van der Waals surface area contributed by atoms with Crippen LogP contribution in [0.2, 0.25) is 0 Å². The Bertz CT molecular complexity index is 196. The third-order valence-corrected chi connectivity index (χ3v) is 5.12. The minimum Gasteiger partial charge on any atom is -0.371 e. The standard InChI is InChI=1S/C13H25NOS/c1-2-3-4-6-12-13(15-9-8-14-12)7-5-10-16-11-13/h12,14H,2-11H2,1H3. The summed E-state index contributed by atoms with van der Waals surface area (Å²) in [6, 6.07) is 0.612. The lowest BCUT2D eigenvalue weighted by Gasteiger charge is -2.46. The van der Waals surface area contributed by atoms with E-state index >= 15 is 0 Å². The van der Waals surface area contributed by atoms with Gasteiger partial charge in [0.05, 0.1) is 12.2 Å². The van der Waals surface area contributed by atoms with E-state index in [9.17, 15) is 0 Å². The molecular formula is C13H25NOS. The molecule has 0 radical (unpaired) electrons. The fourth-order valence-electron chi connectivity index (χ4n) is 2.92. The molecule has 2 rings (SSSR count). The molecule has 2 fully saturated rings. The van der Waals surface area contributed by atoms with E-state index in [1.54, 1.807) is 0 Å². The van der Waals surface area contributed by atoms with E-state index in [-0.39, 0.29) is 5.60 Å². The summed E-state index contributed by atoms with van der Waals surface area (Å²) in [4.78, 5) is 0. The number of nitrogens with one attached hydrogen (secondary N) is 1. The van der Waals surface area contributed by atoms with Gasteiger partial charge in [-0.1, -0.05) is 26.2 Å². The SMILES string of the molecule is CCCCCC1NCCOC12CCCSC2. The smallest absolute Gasteiger partial charge is 0.0925 e. The monoisotopic (exact) mass is 243 g/mol. The average Bonchev–Trinajstić information content (AvgIpc) is 2.33. The molecule has 2 unspecified atom stereocenters. The number of thioether (sulfide) groups is 1. The van der Waals surface area contributed by atoms with Gasteiger partial charge in [0.2, 0.25) is 0 Å². The predicted octanol–water partition coefficient (Wildman–Crippen LogP) is 2.82. The molecule has 2 aliphatic heterocycles. The van der Waals surface area contributed by atoms with Crippen LogP contribution in [0.4, 0.5) is 0 Å². The van der Waals surface area contributed by atoms with Crippen LogP contribution in [0.25, 0.3) is 0 Å². The second-order valence-electron chi connectivity index (χ2n) is 5.07. The maximum Gasteiger partial charge on any atom is 0.0925 e. The molecule has 0 aliphatic carbocycles. The van der Waals surface area contributed by atoms with Crippen LogP contribution in [0.1, 0.15) is 45.4 Å². The van der Waals surface area contributed by atoms with Gasteiger partial charge in [-0.05, 0) is 25.0 Å². The van der Waals surface area contributed by atoms with Gasteiger partial charge < -0.3 is 10.1 Å². The van der Waals surface area contributed by atoms with Gasteiger partial charge in [-0.25, -0.2) is 0 Å². The topological polar surface area (TPSA) is 21.3 Å². The summed E-state index contributed by atoms with van der Waals surface area (Å²) in [6.07, 6.45) is 7.93. The van der Waals surface area contributed by atoms with Crippen LogP contribution in [0.5, 0.6) is 0 Å². The molecule has 2 atom stereocenters. The Kier molecular flexibility index (Phi) is 4.98. The lowest BCUT2D eigenvalue weighted by Crippen LogP contribution is -2.60. The first-order valence-corrected chi connectivity index (χ1v) is 7.98. The summed E-state index contributed by atoms with van der Waals surface area (Å²) in [5, 5.41) is 3.70. The molecule has 0 amide bonds. The van der Waals surface area contributed by atoms with Crippen molar-refractivity contribution < 1.29 is 4.74 Å². The normalized spacial score (nSPS) is 35.4. The van der Waals surface area contributed by atoms with Gasteiger partial charge in [0.1, 0.15) is 0 Å². The van der Waals surface area contributed by atoms with Gasteiger partial charge in [0.15, 0.2) is 0 Å². The van der Waals surface area contributed by atoms with Crippen LogP contribution in [-0.2, 0) is 4.74 Å². The van der Waals surface area contributed by atoms with Gasteiger partial charge >= 0.3 is 0 Å². The van der Waals surface area contributed by atoms with Crippen molar-refractivity contribution >= 4 is 11.8 Å². The van der Waals surface area contributed by atoms with Gasteiger partial charge in [0.25, 0.3) is 0 Å². The third kappa shape index (κ3) is 2.93. The summed E-state index contributed by atoms with van der Waals surface area (Å²) >= 11 is 2.08. The van der Waals surface area contributed by atoms with Crippen LogP contribution in [0.3, 0.4) is 0 Å². The zero-order chi connectivity index (χ0) is 11.3. The fraction of sp³-hybridized carbons (Fsp3) is 1.00. The van der Waals surface area contributed by atoms with Crippen molar-refractivity contribution in [3.63, 3.8) is 0 Å². The Labute approximate surface area is 104 Å². The van der Waals surface area contributed by atoms with Crippen molar-refractivity contribution in [3.05, 3.63) is 0 Å². The van der Waals surface area contributed by atoms with Crippen molar-refractivity contribution in [3.8, 4) is 0 Å². The maximum absolute atomic E-state index is 6.17. The molecule has 0 bridgehead atoms. The predicted molar refractivity (Wildman–Crippen MR) is 71.2 cm³/mol. The molecule has 2 nitrogen and oxygen atoms in total. The second kappa shape index (κ2) is 6.27. The molecule has 1 spiro atoms. The Hall–Kier alpha value is 0.270. The van der Waals surface area contributed by atoms with E-state index in [0.717, 1.165) is 13.2 Å². The summed E-state index contributed by atoms with van der Waals surface area (Å²) in [7, 11) is 0. The summed E-state index contributed by atoms with van der Waals surface area (Å²) in [6.45, 7) is 4.23. The van der Waals surface area contributed by atoms with E-state index in [0.29, 0.717) is 6.04 Å². The molecule has 2 heterocycles. The number of unbranched alkanes of at least 4 members (excludes halogenated alkanes) is 2. The van der Waals surface area contributed by atoms with Crippen LogP contribution in [-0.4, -0.2) is 36.3 Å². The fourth-order valence-corrected chi connectivity index (χ4v) is 4.18. The second-order valence-corrected chi connectivity index (χ2v) is 6.18. The van der Waals surface area contributed by atoms with Gasteiger partial charge in [0, 0.05) is 18.3 Å². The third-order valence-electron chi connectivity index (χ3n) is 3.85. The van der Waals surface area contributed by atoms with E-state index < -0.39 is 0 Å². The molecule has 3 heteroatoms. The average molecular weight is 243 g/mol. The first-order chi connectivity index (χ1) is 7.87. The van der Waals surface area contributed by atoms with Crippen LogP contribution in [0, 0.1) is 0 Å². The molecule has 0 aromatic carbocycles. The molecule has 1 N–H and O–H groups in total. The highest BCUT2D eigenvalue weighted by molar-refractivity contribution is 7.99. The highest BCUT2D eigenvalue weighted by Crippen LogP contribution is 2.36. The van der Waals surface area contributed by atoms with Crippen molar-refractivity contribution in [1.82, 2.24) is 5.32 Å². The number of rotatable bonds is 4. The molecule has 2 aliphatic rings. The molecule has 94 valence electrons. The molecule has 0 saturated carbocycles. The number of ether oxygens (including phenoxy) is 1. The van der Waals surface area contributed by atoms with E-state index in [4.69, 9.17) is 4.74 Å². The van der Waals surface area contributed by atoms with Crippen molar-refractivity contribution in [1.29, 1.82) is 0 Å². The minimum atomic E-state index is 0.176. The first kappa shape index (κ1) is 12.7. The molecule has 16 heavy (non-hydrogen) atoms. The highest BCUT2D eigenvalue weighted by atomic mass is 32.2. The molecular weight excluding hydrogens is 218 g/mol. The molecule has 2 saturated heterocycles. The maximum atomic E-state index is 6.17. The van der Waals surface area contributed by atoms with Crippen LogP contribution < -0.4 is 5.32 Å². The summed E-state index contributed by atoms with van der Waals surface area (Å²) in [5.74, 6) is 2.53. The van der Waals surface area contributed by atoms with Crippen molar-refractivity contribution in [2.75, 3.05) is 24.7 Å². The zero-order valence-electron chi connectivity index (χ0n) is 10.5. The first-order valence-electron chi connectivity index (χ1n) is 6.82. The number of hydrogen-bond acceptors (Lipinski definition) is 3. The minimum absolute atomic E-state index is 0.176. The van der Waals surface area contributed by atoms with Crippen molar-refractivity contribution in [2.45, 2.75) is 57.1 Å². The van der Waals surface area contributed by atoms with Gasteiger partial charge in [-0.3, -0.25) is 0 Å². The van der Waals surface area contributed by atoms with Gasteiger partial charge in [-0.15, -0.1) is 0 Å². The largest absolute Gasteiger partial charge is 0.371 e. The Morgan fingerprint density at radius 3 is 3.12 bits per heavy atom.